The highest BCUT2D eigenvalue weighted by molar-refractivity contribution is 14.1. The lowest BCUT2D eigenvalue weighted by Gasteiger charge is -2.26. The molecule has 0 N–H and O–H groups in total. The van der Waals surface area contributed by atoms with Gasteiger partial charge in [-0.3, -0.25) is 14.5 Å². The molecular formula is C27H37IN2O5. The second-order valence-electron chi connectivity index (χ2n) is 10.2. The van der Waals surface area contributed by atoms with Crippen LogP contribution in [-0.2, 0) is 14.3 Å². The summed E-state index contributed by atoms with van der Waals surface area (Å²) in [7, 11) is 0. The molecular weight excluding hydrogens is 559 g/mol. The van der Waals surface area contributed by atoms with Gasteiger partial charge in [0.05, 0.1) is 17.7 Å². The van der Waals surface area contributed by atoms with Gasteiger partial charge in [-0.25, -0.2) is 4.79 Å². The van der Waals surface area contributed by atoms with Crippen molar-refractivity contribution in [2.45, 2.75) is 64.9 Å². The van der Waals surface area contributed by atoms with Gasteiger partial charge < -0.3 is 14.4 Å². The molecule has 0 aromatic heterocycles. The summed E-state index contributed by atoms with van der Waals surface area (Å²) >= 11 is 2.18. The zero-order chi connectivity index (χ0) is 25.4. The number of alkyl halides is 1. The molecule has 192 valence electrons. The highest BCUT2D eigenvalue weighted by Gasteiger charge is 2.30. The number of halogens is 1. The number of hydrogen-bond donors (Lipinski definition) is 0. The minimum absolute atomic E-state index is 0.00861. The number of rotatable bonds is 9. The van der Waals surface area contributed by atoms with Crippen molar-refractivity contribution >= 4 is 45.9 Å². The van der Waals surface area contributed by atoms with Gasteiger partial charge in [-0.1, -0.05) is 40.8 Å². The maximum absolute atomic E-state index is 12.6. The number of carbonyl (C=O) groups is 3. The van der Waals surface area contributed by atoms with Gasteiger partial charge in [0.25, 0.3) is 0 Å². The number of Topliss-reactive ketones (excluding diaryl/α,β-unsaturated/α-hetero) is 1. The first-order valence-corrected chi connectivity index (χ1v) is 14.0. The summed E-state index contributed by atoms with van der Waals surface area (Å²) in [6, 6.07) is 8.12. The van der Waals surface area contributed by atoms with Gasteiger partial charge in [-0.05, 0) is 76.1 Å². The molecule has 1 aromatic carbocycles. The summed E-state index contributed by atoms with van der Waals surface area (Å²) in [6.07, 6.45) is 6.51. The smallest absolute Gasteiger partial charge is 0.410 e. The van der Waals surface area contributed by atoms with Crippen molar-refractivity contribution < 1.29 is 23.9 Å². The predicted octanol–water partition coefficient (Wildman–Crippen LogP) is 5.46. The highest BCUT2D eigenvalue weighted by atomic mass is 127. The van der Waals surface area contributed by atoms with Crippen LogP contribution in [0.2, 0.25) is 0 Å². The molecule has 1 fully saturated rings. The molecule has 0 spiro atoms. The number of benzene rings is 1. The summed E-state index contributed by atoms with van der Waals surface area (Å²) < 4.78 is 11.9. The van der Waals surface area contributed by atoms with Crippen LogP contribution in [0.1, 0.15) is 64.9 Å². The van der Waals surface area contributed by atoms with E-state index in [0.29, 0.717) is 30.7 Å². The van der Waals surface area contributed by atoms with Crippen LogP contribution in [0, 0.1) is 5.92 Å². The fraction of sp³-hybridized carbons (Fsp3) is 0.593. The third-order valence-corrected chi connectivity index (χ3v) is 7.04. The number of unbranched alkanes of at least 4 members (excludes halogenated alkanes) is 1. The van der Waals surface area contributed by atoms with E-state index in [9.17, 15) is 14.4 Å². The molecule has 2 amide bonds. The zero-order valence-corrected chi connectivity index (χ0v) is 23.2. The van der Waals surface area contributed by atoms with Crippen molar-refractivity contribution in [3.8, 4) is 5.75 Å². The first-order chi connectivity index (χ1) is 16.7. The Hall–Kier alpha value is -2.10. The zero-order valence-electron chi connectivity index (χ0n) is 21.1. The molecule has 0 bridgehead atoms. The number of hydrogen-bond acceptors (Lipinski definition) is 5. The van der Waals surface area contributed by atoms with Crippen LogP contribution in [0.4, 0.5) is 4.79 Å². The van der Waals surface area contributed by atoms with Crippen LogP contribution in [0.25, 0.3) is 5.57 Å². The molecule has 8 heteroatoms. The summed E-state index contributed by atoms with van der Waals surface area (Å²) in [4.78, 5) is 39.7. The fourth-order valence-electron chi connectivity index (χ4n) is 4.28. The maximum Gasteiger partial charge on any atom is 0.410 e. The Labute approximate surface area is 222 Å². The van der Waals surface area contributed by atoms with Crippen LogP contribution in [0.15, 0.2) is 30.3 Å². The van der Waals surface area contributed by atoms with Crippen molar-refractivity contribution in [3.63, 3.8) is 0 Å². The Morgan fingerprint density at radius 1 is 1.14 bits per heavy atom. The SMILES string of the molecule is CC(C)(C)OC(=O)N(CI)CCCCOc1ccc(C2=CCC(C(=O)N3CCC(=O)C3)CC2)cc1. The second kappa shape index (κ2) is 12.7. The molecule has 1 aliphatic heterocycles. The molecule has 0 radical (unpaired) electrons. The average molecular weight is 597 g/mol. The van der Waals surface area contributed by atoms with E-state index in [1.807, 2.05) is 32.9 Å². The lowest BCUT2D eigenvalue weighted by atomic mass is 9.86. The van der Waals surface area contributed by atoms with Crippen molar-refractivity contribution in [3.05, 3.63) is 35.9 Å². The number of likely N-dealkylation sites (tertiary alicyclic amines) is 1. The van der Waals surface area contributed by atoms with E-state index in [4.69, 9.17) is 9.47 Å². The van der Waals surface area contributed by atoms with Crippen LogP contribution >= 0.6 is 22.6 Å². The molecule has 0 saturated carbocycles. The molecule has 2 aliphatic rings. The second-order valence-corrected chi connectivity index (χ2v) is 10.9. The van der Waals surface area contributed by atoms with E-state index >= 15 is 0 Å². The lowest BCUT2D eigenvalue weighted by Crippen LogP contribution is -2.36. The first kappa shape index (κ1) is 27.5. The summed E-state index contributed by atoms with van der Waals surface area (Å²) in [5.41, 5.74) is 1.94. The van der Waals surface area contributed by atoms with Gasteiger partial charge in [0.15, 0.2) is 5.78 Å². The van der Waals surface area contributed by atoms with Gasteiger partial charge in [0.2, 0.25) is 5.91 Å². The predicted molar refractivity (Wildman–Crippen MR) is 145 cm³/mol. The standard InChI is InChI=1S/C27H37IN2O5/c1-27(2,3)35-26(33)30(19-28)15-4-5-17-34-24-12-10-21(11-13-24)20-6-8-22(9-7-20)25(32)29-16-14-23(31)18-29/h6,10-13,22H,4-5,7-9,14-19H2,1-3H3. The minimum Gasteiger partial charge on any atom is -0.494 e. The number of amides is 2. The Kier molecular flexibility index (Phi) is 10.0. The van der Waals surface area contributed by atoms with E-state index < -0.39 is 5.60 Å². The number of allylic oxidation sites excluding steroid dienone is 2. The molecule has 1 unspecified atom stereocenters. The molecule has 7 nitrogen and oxygen atoms in total. The molecule has 1 heterocycles. The highest BCUT2D eigenvalue weighted by Crippen LogP contribution is 2.32. The molecule has 1 saturated heterocycles. The van der Waals surface area contributed by atoms with Gasteiger partial charge >= 0.3 is 6.09 Å². The normalized spacial score (nSPS) is 18.3. The van der Waals surface area contributed by atoms with Gasteiger partial charge in [-0.2, -0.15) is 0 Å². The molecule has 3 rings (SSSR count). The van der Waals surface area contributed by atoms with E-state index in [0.717, 1.165) is 43.4 Å². The van der Waals surface area contributed by atoms with Gasteiger partial charge in [0, 0.05) is 25.4 Å². The first-order valence-electron chi connectivity index (χ1n) is 12.4. The minimum atomic E-state index is -0.488. The number of carbonyl (C=O) groups excluding carboxylic acids is 3. The summed E-state index contributed by atoms with van der Waals surface area (Å²) in [5, 5.41) is 0. The van der Waals surface area contributed by atoms with Crippen LogP contribution < -0.4 is 4.74 Å². The maximum atomic E-state index is 12.6. The van der Waals surface area contributed by atoms with Gasteiger partial charge in [-0.15, -0.1) is 0 Å². The van der Waals surface area contributed by atoms with E-state index in [-0.39, 0.29) is 30.2 Å². The Bertz CT molecular complexity index is 922. The van der Waals surface area contributed by atoms with Crippen LogP contribution in [0.5, 0.6) is 5.75 Å². The van der Waals surface area contributed by atoms with Crippen molar-refractivity contribution in [1.82, 2.24) is 9.80 Å². The van der Waals surface area contributed by atoms with Crippen molar-refractivity contribution in [2.75, 3.05) is 30.8 Å². The lowest BCUT2D eigenvalue weighted by molar-refractivity contribution is -0.135. The Balaban J connectivity index is 1.39. The van der Waals surface area contributed by atoms with Crippen molar-refractivity contribution in [2.24, 2.45) is 5.92 Å². The largest absolute Gasteiger partial charge is 0.494 e. The van der Waals surface area contributed by atoms with E-state index in [2.05, 4.69) is 40.8 Å². The number of ketones is 1. The summed E-state index contributed by atoms with van der Waals surface area (Å²) in [6.45, 7) is 7.72. The van der Waals surface area contributed by atoms with E-state index in [1.165, 1.54) is 5.57 Å². The Morgan fingerprint density at radius 3 is 2.46 bits per heavy atom. The fourth-order valence-corrected chi connectivity index (χ4v) is 4.90. The quantitative estimate of drug-likeness (QED) is 0.164. The summed E-state index contributed by atoms with van der Waals surface area (Å²) in [5.74, 6) is 1.11. The van der Waals surface area contributed by atoms with E-state index in [1.54, 1.807) is 9.80 Å². The molecule has 1 atom stereocenters. The van der Waals surface area contributed by atoms with Crippen molar-refractivity contribution in [1.29, 1.82) is 0 Å². The third kappa shape index (κ3) is 8.51. The monoisotopic (exact) mass is 596 g/mol. The number of ether oxygens (including phenoxy) is 2. The molecule has 35 heavy (non-hydrogen) atoms. The number of nitrogens with zero attached hydrogens (tertiary/aromatic N) is 2. The molecule has 1 aliphatic carbocycles. The van der Waals surface area contributed by atoms with Gasteiger partial charge in [0.1, 0.15) is 11.4 Å². The average Bonchev–Trinajstić information content (AvgIpc) is 3.26. The van der Waals surface area contributed by atoms with Crippen LogP contribution in [-0.4, -0.2) is 64.0 Å². The van der Waals surface area contributed by atoms with Crippen LogP contribution in [0.3, 0.4) is 0 Å². The third-order valence-electron chi connectivity index (χ3n) is 6.21. The topological polar surface area (TPSA) is 76.2 Å². The Morgan fingerprint density at radius 2 is 1.89 bits per heavy atom. The molecule has 1 aromatic rings.